The summed E-state index contributed by atoms with van der Waals surface area (Å²) in [5, 5.41) is 2.79. The van der Waals surface area contributed by atoms with Gasteiger partial charge < -0.3 is 19.5 Å². The topological polar surface area (TPSA) is 113 Å². The van der Waals surface area contributed by atoms with Gasteiger partial charge in [0, 0.05) is 18.0 Å². The Balaban J connectivity index is 1.62. The molecule has 0 radical (unpaired) electrons. The Morgan fingerprint density at radius 1 is 0.886 bits per heavy atom. The number of carbonyl (C=O) groups is 2. The number of hydrogen-bond acceptors (Lipinski definition) is 8. The van der Waals surface area contributed by atoms with E-state index in [-0.39, 0.29) is 5.56 Å². The molecule has 4 rings (SSSR count). The van der Waals surface area contributed by atoms with Crippen LogP contribution in [0.25, 0.3) is 11.3 Å². The highest BCUT2D eigenvalue weighted by molar-refractivity contribution is 6.06. The van der Waals surface area contributed by atoms with Gasteiger partial charge in [0.1, 0.15) is 17.8 Å². The van der Waals surface area contributed by atoms with Crippen LogP contribution in [0.3, 0.4) is 0 Å². The van der Waals surface area contributed by atoms with Crippen molar-refractivity contribution in [2.24, 2.45) is 0 Å². The lowest BCUT2D eigenvalue weighted by atomic mass is 10.1. The van der Waals surface area contributed by atoms with Crippen LogP contribution in [-0.4, -0.2) is 41.0 Å². The van der Waals surface area contributed by atoms with Crippen LogP contribution in [-0.2, 0) is 4.74 Å². The quantitative estimate of drug-likeness (QED) is 0.387. The second-order valence-corrected chi connectivity index (χ2v) is 7.39. The zero-order valence-electron chi connectivity index (χ0n) is 19.3. The molecule has 0 saturated carbocycles. The Labute approximate surface area is 201 Å². The van der Waals surface area contributed by atoms with Crippen LogP contribution in [0.15, 0.2) is 73.3 Å². The maximum Gasteiger partial charge on any atom is 0.337 e. The molecule has 0 aliphatic heterocycles. The number of hydrogen-bond donors (Lipinski definition) is 1. The summed E-state index contributed by atoms with van der Waals surface area (Å²) in [6, 6.07) is 15.1. The molecule has 0 aliphatic rings. The average Bonchev–Trinajstić information content (AvgIpc) is 2.90. The summed E-state index contributed by atoms with van der Waals surface area (Å²) >= 11 is 0. The number of aryl methyl sites for hydroxylation is 1. The van der Waals surface area contributed by atoms with Crippen LogP contribution in [0.5, 0.6) is 17.4 Å². The maximum atomic E-state index is 13.1. The number of rotatable bonds is 7. The molecule has 0 bridgehead atoms. The van der Waals surface area contributed by atoms with Gasteiger partial charge in [0.15, 0.2) is 0 Å². The standard InChI is InChI=1S/C26H22N4O5/c1-16-6-7-17(24(31)30-21-13-18(26(32)34-3)8-9-22(21)33-2)14-23(16)35-25-19(5-4-11-28-25)20-10-12-27-15-29-20/h4-15H,1-3H3,(H,30,31). The second kappa shape index (κ2) is 10.4. The number of nitrogens with zero attached hydrogens (tertiary/aromatic N) is 3. The Bertz CT molecular complexity index is 1380. The SMILES string of the molecule is COC(=O)c1ccc(OC)c(NC(=O)c2ccc(C)c(Oc3ncccc3-c3ccncn3)c2)c1. The summed E-state index contributed by atoms with van der Waals surface area (Å²) in [5.74, 6) is 0.273. The third kappa shape index (κ3) is 5.25. The van der Waals surface area contributed by atoms with Crippen LogP contribution in [0, 0.1) is 6.92 Å². The first-order chi connectivity index (χ1) is 17.0. The second-order valence-electron chi connectivity index (χ2n) is 7.39. The van der Waals surface area contributed by atoms with Gasteiger partial charge >= 0.3 is 5.97 Å². The van der Waals surface area contributed by atoms with Crippen LogP contribution < -0.4 is 14.8 Å². The van der Waals surface area contributed by atoms with E-state index >= 15 is 0 Å². The largest absolute Gasteiger partial charge is 0.495 e. The number of pyridine rings is 1. The lowest BCUT2D eigenvalue weighted by Gasteiger charge is -2.14. The van der Waals surface area contributed by atoms with Crippen molar-refractivity contribution in [3.8, 4) is 28.6 Å². The predicted molar refractivity (Wildman–Crippen MR) is 129 cm³/mol. The van der Waals surface area contributed by atoms with E-state index in [1.54, 1.807) is 54.9 Å². The van der Waals surface area contributed by atoms with E-state index in [0.717, 1.165) is 5.56 Å². The summed E-state index contributed by atoms with van der Waals surface area (Å²) in [6.45, 7) is 1.87. The first-order valence-corrected chi connectivity index (χ1v) is 10.6. The van der Waals surface area contributed by atoms with Gasteiger partial charge in [-0.15, -0.1) is 0 Å². The molecule has 0 atom stereocenters. The molecule has 0 aliphatic carbocycles. The minimum Gasteiger partial charge on any atom is -0.495 e. The van der Waals surface area contributed by atoms with E-state index in [4.69, 9.17) is 14.2 Å². The molecular weight excluding hydrogens is 448 g/mol. The third-order valence-corrected chi connectivity index (χ3v) is 5.15. The number of carbonyl (C=O) groups excluding carboxylic acids is 2. The average molecular weight is 470 g/mol. The van der Waals surface area contributed by atoms with Gasteiger partial charge in [0.25, 0.3) is 5.91 Å². The zero-order chi connectivity index (χ0) is 24.8. The molecule has 9 nitrogen and oxygen atoms in total. The lowest BCUT2D eigenvalue weighted by molar-refractivity contribution is 0.0600. The highest BCUT2D eigenvalue weighted by Crippen LogP contribution is 2.32. The van der Waals surface area contributed by atoms with Crippen molar-refractivity contribution in [3.05, 3.63) is 90.0 Å². The first-order valence-electron chi connectivity index (χ1n) is 10.6. The molecule has 9 heteroatoms. The van der Waals surface area contributed by atoms with Gasteiger partial charge in [-0.05, 0) is 61.0 Å². The fourth-order valence-electron chi connectivity index (χ4n) is 3.32. The number of benzene rings is 2. The van der Waals surface area contributed by atoms with Gasteiger partial charge in [0.05, 0.1) is 36.7 Å². The molecule has 0 unspecified atom stereocenters. The normalized spacial score (nSPS) is 10.4. The molecule has 2 aromatic heterocycles. The molecule has 2 heterocycles. The Morgan fingerprint density at radius 3 is 2.46 bits per heavy atom. The molecule has 1 N–H and O–H groups in total. The molecule has 4 aromatic rings. The third-order valence-electron chi connectivity index (χ3n) is 5.15. The number of nitrogens with one attached hydrogen (secondary N) is 1. The smallest absolute Gasteiger partial charge is 0.337 e. The maximum absolute atomic E-state index is 13.1. The Kier molecular flexibility index (Phi) is 6.96. The number of amides is 1. The first kappa shape index (κ1) is 23.4. The van der Waals surface area contributed by atoms with Crippen LogP contribution >= 0.6 is 0 Å². The highest BCUT2D eigenvalue weighted by atomic mass is 16.5. The van der Waals surface area contributed by atoms with Crippen LogP contribution in [0.2, 0.25) is 0 Å². The van der Waals surface area contributed by atoms with Crippen molar-refractivity contribution in [1.29, 1.82) is 0 Å². The van der Waals surface area contributed by atoms with Crippen molar-refractivity contribution in [2.75, 3.05) is 19.5 Å². The number of esters is 1. The summed E-state index contributed by atoms with van der Waals surface area (Å²) in [5.41, 5.74) is 3.12. The summed E-state index contributed by atoms with van der Waals surface area (Å²) in [6.07, 6.45) is 4.71. The van der Waals surface area contributed by atoms with Gasteiger partial charge in [0.2, 0.25) is 5.88 Å². The Morgan fingerprint density at radius 2 is 1.71 bits per heavy atom. The van der Waals surface area contributed by atoms with Crippen molar-refractivity contribution in [1.82, 2.24) is 15.0 Å². The Hall–Kier alpha value is -4.79. The predicted octanol–water partition coefficient (Wildman–Crippen LogP) is 4.69. The van der Waals surface area contributed by atoms with Gasteiger partial charge in [-0.2, -0.15) is 0 Å². The van der Waals surface area contributed by atoms with E-state index in [2.05, 4.69) is 20.3 Å². The van der Waals surface area contributed by atoms with Crippen LogP contribution in [0.4, 0.5) is 5.69 Å². The molecule has 2 aromatic carbocycles. The molecule has 1 amide bonds. The van der Waals surface area contributed by atoms with Crippen molar-refractivity contribution in [2.45, 2.75) is 6.92 Å². The van der Waals surface area contributed by atoms with E-state index in [0.29, 0.717) is 39.9 Å². The van der Waals surface area contributed by atoms with Gasteiger partial charge in [-0.25, -0.2) is 19.7 Å². The van der Waals surface area contributed by atoms with E-state index in [1.165, 1.54) is 26.6 Å². The van der Waals surface area contributed by atoms with Gasteiger partial charge in [-0.3, -0.25) is 4.79 Å². The van der Waals surface area contributed by atoms with E-state index < -0.39 is 11.9 Å². The summed E-state index contributed by atoms with van der Waals surface area (Å²) in [7, 11) is 2.76. The van der Waals surface area contributed by atoms with Crippen LogP contribution in [0.1, 0.15) is 26.3 Å². The number of methoxy groups -OCH3 is 2. The number of ether oxygens (including phenoxy) is 3. The fourth-order valence-corrected chi connectivity index (χ4v) is 3.32. The zero-order valence-corrected chi connectivity index (χ0v) is 19.3. The minimum atomic E-state index is -0.524. The monoisotopic (exact) mass is 470 g/mol. The molecule has 0 spiro atoms. The molecule has 0 fully saturated rings. The fraction of sp³-hybridized carbons (Fsp3) is 0.115. The highest BCUT2D eigenvalue weighted by Gasteiger charge is 2.16. The molecule has 176 valence electrons. The van der Waals surface area contributed by atoms with Crippen molar-refractivity contribution < 1.29 is 23.8 Å². The van der Waals surface area contributed by atoms with Crippen molar-refractivity contribution in [3.63, 3.8) is 0 Å². The van der Waals surface area contributed by atoms with Crippen molar-refractivity contribution >= 4 is 17.6 Å². The van der Waals surface area contributed by atoms with E-state index in [9.17, 15) is 9.59 Å². The molecule has 0 saturated heterocycles. The molecular formula is C26H22N4O5. The summed E-state index contributed by atoms with van der Waals surface area (Å²) < 4.78 is 16.2. The minimum absolute atomic E-state index is 0.281. The lowest BCUT2D eigenvalue weighted by Crippen LogP contribution is -2.14. The van der Waals surface area contributed by atoms with E-state index in [1.807, 2.05) is 13.0 Å². The summed E-state index contributed by atoms with van der Waals surface area (Å²) in [4.78, 5) is 37.5. The molecule has 35 heavy (non-hydrogen) atoms. The van der Waals surface area contributed by atoms with Gasteiger partial charge in [-0.1, -0.05) is 6.07 Å². The number of aromatic nitrogens is 3. The number of anilines is 1.